The van der Waals surface area contributed by atoms with Crippen molar-refractivity contribution in [1.82, 2.24) is 14.7 Å². The lowest BCUT2D eigenvalue weighted by Gasteiger charge is -2.32. The number of aromatic carboxylic acids is 1. The third-order valence-electron chi connectivity index (χ3n) is 5.35. The normalized spacial score (nSPS) is 19.3. The zero-order valence-electron chi connectivity index (χ0n) is 15.4. The Hall–Kier alpha value is -2.74. The lowest BCUT2D eigenvalue weighted by Crippen LogP contribution is -2.44. The molecular formula is C20H22FN3O4. The van der Waals surface area contributed by atoms with Gasteiger partial charge in [-0.1, -0.05) is 12.1 Å². The quantitative estimate of drug-likeness (QED) is 0.870. The first kappa shape index (κ1) is 18.6. The molecule has 7 nitrogen and oxygen atoms in total. The first-order chi connectivity index (χ1) is 13.5. The fourth-order valence-electron chi connectivity index (χ4n) is 3.88. The Labute approximate surface area is 161 Å². The van der Waals surface area contributed by atoms with E-state index in [4.69, 9.17) is 4.74 Å². The van der Waals surface area contributed by atoms with Gasteiger partial charge in [0.15, 0.2) is 5.69 Å². The number of aromatic nitrogens is 2. The number of ether oxygens (including phenoxy) is 1. The van der Waals surface area contributed by atoms with Gasteiger partial charge in [-0.25, -0.2) is 9.18 Å². The van der Waals surface area contributed by atoms with E-state index in [1.54, 1.807) is 21.7 Å². The predicted molar refractivity (Wildman–Crippen MR) is 97.4 cm³/mol. The summed E-state index contributed by atoms with van der Waals surface area (Å²) in [6, 6.07) is 6.05. The zero-order valence-corrected chi connectivity index (χ0v) is 15.4. The van der Waals surface area contributed by atoms with Gasteiger partial charge in [0.2, 0.25) is 0 Å². The Balaban J connectivity index is 1.58. The molecule has 28 heavy (non-hydrogen) atoms. The molecule has 1 atom stereocenters. The molecule has 1 N–H and O–H groups in total. The highest BCUT2D eigenvalue weighted by Gasteiger charge is 2.33. The van der Waals surface area contributed by atoms with Crippen LogP contribution in [0, 0.1) is 5.82 Å². The summed E-state index contributed by atoms with van der Waals surface area (Å²) >= 11 is 0. The lowest BCUT2D eigenvalue weighted by molar-refractivity contribution is -0.147. The molecule has 0 bridgehead atoms. The van der Waals surface area contributed by atoms with E-state index < -0.39 is 12.1 Å². The van der Waals surface area contributed by atoms with Crippen molar-refractivity contribution in [3.05, 3.63) is 52.6 Å². The smallest absolute Gasteiger partial charge is 0.356 e. The van der Waals surface area contributed by atoms with E-state index in [0.29, 0.717) is 38.1 Å². The van der Waals surface area contributed by atoms with Crippen LogP contribution in [0.1, 0.15) is 46.6 Å². The van der Waals surface area contributed by atoms with E-state index >= 15 is 0 Å². The Morgan fingerprint density at radius 3 is 2.71 bits per heavy atom. The second-order valence-corrected chi connectivity index (χ2v) is 7.23. The van der Waals surface area contributed by atoms with Crippen LogP contribution in [0.15, 0.2) is 24.3 Å². The zero-order chi connectivity index (χ0) is 19.7. The third kappa shape index (κ3) is 3.64. The van der Waals surface area contributed by atoms with Crippen molar-refractivity contribution < 1.29 is 23.8 Å². The number of carbonyl (C=O) groups excluding carboxylic acids is 1. The van der Waals surface area contributed by atoms with E-state index in [1.807, 2.05) is 0 Å². The second-order valence-electron chi connectivity index (χ2n) is 7.23. The molecule has 0 radical (unpaired) electrons. The molecule has 1 amide bonds. The molecule has 8 heteroatoms. The van der Waals surface area contributed by atoms with Crippen LogP contribution in [0.2, 0.25) is 0 Å². The van der Waals surface area contributed by atoms with Crippen molar-refractivity contribution >= 4 is 11.9 Å². The Morgan fingerprint density at radius 1 is 1.25 bits per heavy atom. The molecule has 1 aromatic carbocycles. The maximum Gasteiger partial charge on any atom is 0.356 e. The van der Waals surface area contributed by atoms with Crippen LogP contribution < -0.4 is 0 Å². The molecule has 4 rings (SSSR count). The summed E-state index contributed by atoms with van der Waals surface area (Å²) in [5, 5.41) is 13.8. The van der Waals surface area contributed by atoms with Crippen LogP contribution >= 0.6 is 0 Å². The molecule has 1 unspecified atom stereocenters. The van der Waals surface area contributed by atoms with E-state index in [0.717, 1.165) is 24.1 Å². The maximum atomic E-state index is 13.1. The van der Waals surface area contributed by atoms with Gasteiger partial charge in [0.05, 0.1) is 6.54 Å². The van der Waals surface area contributed by atoms with Crippen molar-refractivity contribution in [1.29, 1.82) is 0 Å². The molecular weight excluding hydrogens is 365 g/mol. The predicted octanol–water partition coefficient (Wildman–Crippen LogP) is 2.22. The number of carboxylic acids is 1. The molecule has 2 aromatic rings. The molecule has 0 saturated carbocycles. The number of carbonyl (C=O) groups is 2. The number of benzene rings is 1. The number of hydrogen-bond acceptors (Lipinski definition) is 4. The summed E-state index contributed by atoms with van der Waals surface area (Å²) < 4.78 is 20.4. The molecule has 3 heterocycles. The minimum absolute atomic E-state index is 0.0285. The number of amides is 1. The van der Waals surface area contributed by atoms with Gasteiger partial charge >= 0.3 is 5.97 Å². The van der Waals surface area contributed by atoms with Gasteiger partial charge in [-0.2, -0.15) is 5.10 Å². The molecule has 1 fully saturated rings. The van der Waals surface area contributed by atoms with Crippen LogP contribution in [0.5, 0.6) is 0 Å². The van der Waals surface area contributed by atoms with Gasteiger partial charge in [-0.05, 0) is 37.0 Å². The summed E-state index contributed by atoms with van der Waals surface area (Å²) in [6.07, 6.45) is 2.73. The molecule has 2 aliphatic heterocycles. The van der Waals surface area contributed by atoms with Gasteiger partial charge in [0.1, 0.15) is 11.9 Å². The summed E-state index contributed by atoms with van der Waals surface area (Å²) in [5.41, 5.74) is 2.19. The molecule has 1 aromatic heterocycles. The van der Waals surface area contributed by atoms with E-state index in [9.17, 15) is 19.1 Å². The van der Waals surface area contributed by atoms with Crippen LogP contribution in [0.25, 0.3) is 0 Å². The molecule has 0 spiro atoms. The largest absolute Gasteiger partial charge is 0.476 e. The van der Waals surface area contributed by atoms with Crippen molar-refractivity contribution in [2.24, 2.45) is 0 Å². The van der Waals surface area contributed by atoms with Gasteiger partial charge in [-0.15, -0.1) is 0 Å². The van der Waals surface area contributed by atoms with E-state index in [1.165, 1.54) is 12.1 Å². The number of hydrogen-bond donors (Lipinski definition) is 1. The number of nitrogens with zero attached hydrogens (tertiary/aromatic N) is 3. The van der Waals surface area contributed by atoms with Crippen molar-refractivity contribution in [3.63, 3.8) is 0 Å². The van der Waals surface area contributed by atoms with Gasteiger partial charge < -0.3 is 14.7 Å². The summed E-state index contributed by atoms with van der Waals surface area (Å²) in [4.78, 5) is 26.1. The molecule has 1 saturated heterocycles. The third-order valence-corrected chi connectivity index (χ3v) is 5.35. The van der Waals surface area contributed by atoms with E-state index in [2.05, 4.69) is 5.10 Å². The summed E-state index contributed by atoms with van der Waals surface area (Å²) in [5.74, 6) is -1.51. The van der Waals surface area contributed by atoms with Crippen molar-refractivity contribution in [2.45, 2.75) is 44.9 Å². The molecule has 148 valence electrons. The van der Waals surface area contributed by atoms with Gasteiger partial charge in [0, 0.05) is 37.4 Å². The lowest BCUT2D eigenvalue weighted by atomic mass is 10.0. The van der Waals surface area contributed by atoms with Crippen molar-refractivity contribution in [3.8, 4) is 0 Å². The summed E-state index contributed by atoms with van der Waals surface area (Å²) in [7, 11) is 0. The first-order valence-electron chi connectivity index (χ1n) is 9.49. The minimum atomic E-state index is -1.11. The van der Waals surface area contributed by atoms with E-state index in [-0.39, 0.29) is 24.0 Å². The van der Waals surface area contributed by atoms with Crippen LogP contribution in [0.3, 0.4) is 0 Å². The highest BCUT2D eigenvalue weighted by atomic mass is 19.1. The van der Waals surface area contributed by atoms with Crippen molar-refractivity contribution in [2.75, 3.05) is 13.2 Å². The SMILES string of the molecule is O=C(O)c1nn(Cc2ccc(F)cc2)c2c1CN(C(=O)C1CCCCO1)CC2. The number of halogens is 1. The monoisotopic (exact) mass is 387 g/mol. The standard InChI is InChI=1S/C20H22FN3O4/c21-14-6-4-13(5-7-14)11-24-16-8-9-23(12-15(16)18(22-24)20(26)27)19(25)17-3-1-2-10-28-17/h4-7,17H,1-3,8-12H2,(H,26,27). The molecule has 2 aliphatic rings. The average molecular weight is 387 g/mol. The fourth-order valence-corrected chi connectivity index (χ4v) is 3.88. The highest BCUT2D eigenvalue weighted by Crippen LogP contribution is 2.26. The topological polar surface area (TPSA) is 84.7 Å². The second kappa shape index (κ2) is 7.71. The Morgan fingerprint density at radius 2 is 2.04 bits per heavy atom. The first-order valence-corrected chi connectivity index (χ1v) is 9.49. The highest BCUT2D eigenvalue weighted by molar-refractivity contribution is 5.88. The number of rotatable bonds is 4. The van der Waals surface area contributed by atoms with Gasteiger partial charge in [0.25, 0.3) is 5.91 Å². The average Bonchev–Trinajstić information content (AvgIpc) is 3.08. The van der Waals surface area contributed by atoms with Crippen LogP contribution in [0.4, 0.5) is 4.39 Å². The number of fused-ring (bicyclic) bond motifs is 1. The van der Waals surface area contributed by atoms with Crippen LogP contribution in [-0.4, -0.2) is 50.9 Å². The minimum Gasteiger partial charge on any atom is -0.476 e. The number of carboxylic acid groups (broad SMARTS) is 1. The van der Waals surface area contributed by atoms with Crippen LogP contribution in [-0.2, 0) is 29.0 Å². The summed E-state index contributed by atoms with van der Waals surface area (Å²) in [6.45, 7) is 1.67. The fraction of sp³-hybridized carbons (Fsp3) is 0.450. The maximum absolute atomic E-state index is 13.1. The Kier molecular flexibility index (Phi) is 5.13. The molecule has 0 aliphatic carbocycles. The Bertz CT molecular complexity index is 888. The van der Waals surface area contributed by atoms with Gasteiger partial charge in [-0.3, -0.25) is 9.48 Å².